The van der Waals surface area contributed by atoms with Crippen molar-refractivity contribution in [3.05, 3.63) is 35.4 Å². The fraction of sp³-hybridized carbons (Fsp3) is 0.667. The Morgan fingerprint density at radius 2 is 1.90 bits per heavy atom. The highest BCUT2D eigenvalue weighted by Crippen LogP contribution is 2.34. The Hall–Kier alpha value is -1.53. The van der Waals surface area contributed by atoms with Gasteiger partial charge in [-0.1, -0.05) is 50.6 Å². The van der Waals surface area contributed by atoms with Crippen molar-refractivity contribution >= 4 is 23.6 Å². The summed E-state index contributed by atoms with van der Waals surface area (Å²) in [7, 11) is 0. The van der Waals surface area contributed by atoms with E-state index in [0.717, 1.165) is 50.1 Å². The van der Waals surface area contributed by atoms with Crippen LogP contribution in [0.25, 0.3) is 0 Å². The maximum Gasteiger partial charge on any atom is 0.279 e. The van der Waals surface area contributed by atoms with Crippen LogP contribution in [0.1, 0.15) is 75.2 Å². The summed E-state index contributed by atoms with van der Waals surface area (Å²) >= 11 is 1.90. The largest absolute Gasteiger partial charge is 0.348 e. The summed E-state index contributed by atoms with van der Waals surface area (Å²) in [5.41, 5.74) is 2.11. The molecule has 5 nitrogen and oxygen atoms in total. The minimum Gasteiger partial charge on any atom is -0.348 e. The van der Waals surface area contributed by atoms with Crippen LogP contribution in [0.15, 0.2) is 24.3 Å². The van der Waals surface area contributed by atoms with Crippen molar-refractivity contribution in [1.29, 1.82) is 0 Å². The van der Waals surface area contributed by atoms with Crippen LogP contribution in [0.5, 0.6) is 0 Å². The predicted molar refractivity (Wildman–Crippen MR) is 124 cm³/mol. The number of carbonyl (C=O) groups is 2. The quantitative estimate of drug-likeness (QED) is 0.621. The molecule has 2 heterocycles. The third-order valence-electron chi connectivity index (χ3n) is 6.56. The van der Waals surface area contributed by atoms with E-state index in [9.17, 15) is 9.59 Å². The number of nitrogens with two attached hydrogens (primary N) is 1. The summed E-state index contributed by atoms with van der Waals surface area (Å²) in [6, 6.07) is 8.40. The Kier molecular flexibility index (Phi) is 8.23. The molecule has 2 amide bonds. The van der Waals surface area contributed by atoms with E-state index in [4.69, 9.17) is 0 Å². The number of benzene rings is 1. The van der Waals surface area contributed by atoms with Gasteiger partial charge in [0, 0.05) is 37.5 Å². The van der Waals surface area contributed by atoms with Crippen LogP contribution < -0.4 is 10.6 Å². The van der Waals surface area contributed by atoms with Crippen molar-refractivity contribution in [3.63, 3.8) is 0 Å². The van der Waals surface area contributed by atoms with E-state index in [2.05, 4.69) is 43.5 Å². The molecule has 3 N–H and O–H groups in total. The molecule has 3 rings (SSSR count). The van der Waals surface area contributed by atoms with Crippen LogP contribution in [0.3, 0.4) is 0 Å². The third kappa shape index (κ3) is 5.79. The number of hydrogen-bond donors (Lipinski definition) is 2. The van der Waals surface area contributed by atoms with Gasteiger partial charge >= 0.3 is 0 Å². The van der Waals surface area contributed by atoms with Crippen molar-refractivity contribution in [1.82, 2.24) is 10.2 Å². The van der Waals surface area contributed by atoms with E-state index < -0.39 is 0 Å². The molecule has 2 atom stereocenters. The molecule has 0 radical (unpaired) electrons. The van der Waals surface area contributed by atoms with Crippen molar-refractivity contribution in [2.45, 2.75) is 82.7 Å². The molecule has 1 aromatic rings. The summed E-state index contributed by atoms with van der Waals surface area (Å²) in [5, 5.41) is 5.38. The van der Waals surface area contributed by atoms with Gasteiger partial charge in [0.25, 0.3) is 11.8 Å². The number of likely N-dealkylation sites (tertiary alicyclic amines) is 1. The molecule has 2 fully saturated rings. The lowest BCUT2D eigenvalue weighted by Crippen LogP contribution is -3.00. The van der Waals surface area contributed by atoms with E-state index >= 15 is 0 Å². The Balaban J connectivity index is 1.49. The average molecular weight is 433 g/mol. The molecule has 2 aliphatic heterocycles. The first-order valence-electron chi connectivity index (χ1n) is 11.6. The number of nitrogens with one attached hydrogen (secondary N) is 1. The fourth-order valence-electron chi connectivity index (χ4n) is 4.30. The van der Waals surface area contributed by atoms with Gasteiger partial charge in [0.2, 0.25) is 0 Å². The first-order valence-corrected chi connectivity index (χ1v) is 12.6. The Morgan fingerprint density at radius 1 is 1.20 bits per heavy atom. The van der Waals surface area contributed by atoms with Crippen LogP contribution in [-0.2, 0) is 11.2 Å². The molecule has 1 aromatic carbocycles. The zero-order valence-electron chi connectivity index (χ0n) is 18.8. The molecule has 0 saturated carbocycles. The molecule has 0 bridgehead atoms. The van der Waals surface area contributed by atoms with Crippen LogP contribution in [0.4, 0.5) is 0 Å². The molecule has 0 aliphatic carbocycles. The number of piperidine rings is 1. The zero-order valence-corrected chi connectivity index (χ0v) is 19.6. The SMILES string of the molecule is CCCCCc1ccc(C(=O)N2CCC3(CC2)[NH2+][C@@H](C(=O)N[C@H](C)CC)CS3)cc1. The molecule has 0 aromatic heterocycles. The van der Waals surface area contributed by atoms with Crippen molar-refractivity contribution < 1.29 is 14.9 Å². The van der Waals surface area contributed by atoms with Crippen LogP contribution in [-0.4, -0.2) is 52.5 Å². The van der Waals surface area contributed by atoms with Crippen LogP contribution >= 0.6 is 11.8 Å². The van der Waals surface area contributed by atoms with Gasteiger partial charge in [0.05, 0.1) is 5.75 Å². The Labute approximate surface area is 185 Å². The molecule has 1 spiro atoms. The van der Waals surface area contributed by atoms with Gasteiger partial charge in [-0.2, -0.15) is 0 Å². The lowest BCUT2D eigenvalue weighted by molar-refractivity contribution is -0.714. The summed E-state index contributed by atoms with van der Waals surface area (Å²) in [5.74, 6) is 1.15. The van der Waals surface area contributed by atoms with Crippen molar-refractivity contribution in [2.24, 2.45) is 0 Å². The number of unbranched alkanes of at least 4 members (excludes halogenated alkanes) is 2. The minimum atomic E-state index is -0.00787. The van der Waals surface area contributed by atoms with Gasteiger partial charge < -0.3 is 15.5 Å². The second-order valence-electron chi connectivity index (χ2n) is 8.91. The summed E-state index contributed by atoms with van der Waals surface area (Å²) in [6.45, 7) is 7.89. The molecular weight excluding hydrogens is 394 g/mol. The van der Waals surface area contributed by atoms with Crippen LogP contribution in [0, 0.1) is 0 Å². The third-order valence-corrected chi connectivity index (χ3v) is 8.21. The van der Waals surface area contributed by atoms with E-state index in [-0.39, 0.29) is 28.8 Å². The monoisotopic (exact) mass is 432 g/mol. The molecular formula is C24H38N3O2S+. The van der Waals surface area contributed by atoms with Crippen LogP contribution in [0.2, 0.25) is 0 Å². The lowest BCUT2D eigenvalue weighted by Gasteiger charge is -2.36. The smallest absolute Gasteiger partial charge is 0.279 e. The second kappa shape index (κ2) is 10.7. The number of rotatable bonds is 8. The number of nitrogens with zero attached hydrogens (tertiary/aromatic N) is 1. The Morgan fingerprint density at radius 3 is 2.53 bits per heavy atom. The average Bonchev–Trinajstić information content (AvgIpc) is 3.18. The summed E-state index contributed by atoms with van der Waals surface area (Å²) in [6.07, 6.45) is 7.61. The van der Waals surface area contributed by atoms with Gasteiger partial charge in [-0.05, 0) is 43.9 Å². The number of amides is 2. The van der Waals surface area contributed by atoms with E-state index in [1.807, 2.05) is 28.8 Å². The number of aryl methyl sites for hydroxylation is 1. The minimum absolute atomic E-state index is 0.00787. The van der Waals surface area contributed by atoms with E-state index in [0.29, 0.717) is 0 Å². The summed E-state index contributed by atoms with van der Waals surface area (Å²) in [4.78, 5) is 27.5. The first-order chi connectivity index (χ1) is 14.5. The highest BCUT2D eigenvalue weighted by Gasteiger charge is 2.48. The fourth-order valence-corrected chi connectivity index (χ4v) is 5.79. The predicted octanol–water partition coefficient (Wildman–Crippen LogP) is 2.95. The zero-order chi connectivity index (χ0) is 21.6. The van der Waals surface area contributed by atoms with Gasteiger partial charge in [-0.3, -0.25) is 9.59 Å². The van der Waals surface area contributed by atoms with Gasteiger partial charge in [-0.15, -0.1) is 0 Å². The lowest BCUT2D eigenvalue weighted by atomic mass is 10.0. The van der Waals surface area contributed by atoms with E-state index in [1.165, 1.54) is 24.8 Å². The standard InChI is InChI=1S/C24H37N3O2S/c1-4-6-7-8-19-9-11-20(12-10-19)23(29)27-15-13-24(14-16-27)26-21(17-30-24)22(28)25-18(3)5-2/h9-12,18,21,26H,4-8,13-17H2,1-3H3,(H,25,28)/p+1/t18-,21-/m1/s1. The highest BCUT2D eigenvalue weighted by atomic mass is 32.2. The normalized spacial score (nSPS) is 21.6. The molecule has 6 heteroatoms. The van der Waals surface area contributed by atoms with Crippen molar-refractivity contribution in [3.8, 4) is 0 Å². The van der Waals surface area contributed by atoms with Gasteiger partial charge in [0.15, 0.2) is 6.04 Å². The number of hydrogen-bond acceptors (Lipinski definition) is 3. The Bertz CT molecular complexity index is 714. The number of carbonyl (C=O) groups excluding carboxylic acids is 2. The molecule has 2 aliphatic rings. The number of thioether (sulfide) groups is 1. The van der Waals surface area contributed by atoms with Gasteiger partial charge in [-0.25, -0.2) is 0 Å². The van der Waals surface area contributed by atoms with E-state index in [1.54, 1.807) is 0 Å². The maximum atomic E-state index is 12.9. The molecule has 2 saturated heterocycles. The highest BCUT2D eigenvalue weighted by molar-refractivity contribution is 8.00. The molecule has 166 valence electrons. The second-order valence-corrected chi connectivity index (χ2v) is 10.3. The van der Waals surface area contributed by atoms with Gasteiger partial charge in [0.1, 0.15) is 4.87 Å². The maximum absolute atomic E-state index is 12.9. The summed E-state index contributed by atoms with van der Waals surface area (Å²) < 4.78 is 0. The number of quaternary nitrogens is 1. The van der Waals surface area contributed by atoms with Crippen molar-refractivity contribution in [2.75, 3.05) is 18.8 Å². The topological polar surface area (TPSA) is 66.0 Å². The molecule has 30 heavy (non-hydrogen) atoms. The first kappa shape index (κ1) is 23.1. The molecule has 0 unspecified atom stereocenters.